The SMILES string of the molecule is CC(C)(N)C(=O)NCCCCCc1ccccc1. The lowest BCUT2D eigenvalue weighted by molar-refractivity contribution is -0.125. The van der Waals surface area contributed by atoms with Crippen LogP contribution in [0.25, 0.3) is 0 Å². The molecule has 0 radical (unpaired) electrons. The van der Waals surface area contributed by atoms with Crippen molar-refractivity contribution in [2.45, 2.75) is 45.1 Å². The van der Waals surface area contributed by atoms with Crippen molar-refractivity contribution in [3.63, 3.8) is 0 Å². The van der Waals surface area contributed by atoms with E-state index in [1.807, 2.05) is 6.07 Å². The summed E-state index contributed by atoms with van der Waals surface area (Å²) in [5, 5.41) is 2.86. The lowest BCUT2D eigenvalue weighted by Crippen LogP contribution is -2.49. The van der Waals surface area contributed by atoms with Gasteiger partial charge in [-0.05, 0) is 38.7 Å². The number of unbranched alkanes of at least 4 members (excludes halogenated alkanes) is 2. The molecule has 100 valence electrons. The van der Waals surface area contributed by atoms with Gasteiger partial charge < -0.3 is 11.1 Å². The molecule has 0 aliphatic carbocycles. The number of nitrogens with two attached hydrogens (primary N) is 1. The summed E-state index contributed by atoms with van der Waals surface area (Å²) in [6, 6.07) is 10.5. The summed E-state index contributed by atoms with van der Waals surface area (Å²) in [4.78, 5) is 11.5. The van der Waals surface area contributed by atoms with Crippen molar-refractivity contribution in [1.29, 1.82) is 0 Å². The lowest BCUT2D eigenvalue weighted by Gasteiger charge is -2.17. The molecule has 1 aromatic rings. The monoisotopic (exact) mass is 248 g/mol. The maximum absolute atomic E-state index is 11.5. The van der Waals surface area contributed by atoms with Crippen molar-refractivity contribution in [3.05, 3.63) is 35.9 Å². The summed E-state index contributed by atoms with van der Waals surface area (Å²) >= 11 is 0. The number of carbonyl (C=O) groups excluding carboxylic acids is 1. The van der Waals surface area contributed by atoms with E-state index < -0.39 is 5.54 Å². The molecule has 0 atom stereocenters. The zero-order valence-corrected chi connectivity index (χ0v) is 11.4. The largest absolute Gasteiger partial charge is 0.355 e. The second kappa shape index (κ2) is 7.17. The van der Waals surface area contributed by atoms with Crippen molar-refractivity contribution in [2.24, 2.45) is 5.73 Å². The quantitative estimate of drug-likeness (QED) is 0.727. The fourth-order valence-corrected chi connectivity index (χ4v) is 1.71. The van der Waals surface area contributed by atoms with Crippen LogP contribution in [0.2, 0.25) is 0 Å². The van der Waals surface area contributed by atoms with Crippen LogP contribution in [0.15, 0.2) is 30.3 Å². The van der Waals surface area contributed by atoms with Crippen LogP contribution >= 0.6 is 0 Å². The van der Waals surface area contributed by atoms with E-state index in [4.69, 9.17) is 5.73 Å². The Labute approximate surface area is 110 Å². The van der Waals surface area contributed by atoms with Crippen LogP contribution in [0.4, 0.5) is 0 Å². The Kier molecular flexibility index (Phi) is 5.86. The van der Waals surface area contributed by atoms with Crippen molar-refractivity contribution in [3.8, 4) is 0 Å². The van der Waals surface area contributed by atoms with E-state index in [0.717, 1.165) is 25.7 Å². The summed E-state index contributed by atoms with van der Waals surface area (Å²) in [6.07, 6.45) is 4.40. The number of hydrogen-bond donors (Lipinski definition) is 2. The molecule has 3 heteroatoms. The number of aryl methyl sites for hydroxylation is 1. The molecule has 0 unspecified atom stereocenters. The van der Waals surface area contributed by atoms with Gasteiger partial charge in [0.15, 0.2) is 0 Å². The standard InChI is InChI=1S/C15H24N2O/c1-15(2,16)14(18)17-12-8-4-7-11-13-9-5-3-6-10-13/h3,5-6,9-10H,4,7-8,11-12,16H2,1-2H3,(H,17,18). The van der Waals surface area contributed by atoms with Crippen LogP contribution in [0, 0.1) is 0 Å². The fraction of sp³-hybridized carbons (Fsp3) is 0.533. The predicted molar refractivity (Wildman–Crippen MR) is 75.3 cm³/mol. The van der Waals surface area contributed by atoms with Gasteiger partial charge in [-0.25, -0.2) is 0 Å². The van der Waals surface area contributed by atoms with Gasteiger partial charge in [0.2, 0.25) is 5.91 Å². The first-order valence-electron chi connectivity index (χ1n) is 6.61. The van der Waals surface area contributed by atoms with Gasteiger partial charge in [-0.1, -0.05) is 36.8 Å². The van der Waals surface area contributed by atoms with Gasteiger partial charge in [0.05, 0.1) is 5.54 Å². The van der Waals surface area contributed by atoms with E-state index in [2.05, 4.69) is 29.6 Å². The average Bonchev–Trinajstić information content (AvgIpc) is 2.33. The number of hydrogen-bond acceptors (Lipinski definition) is 2. The van der Waals surface area contributed by atoms with Gasteiger partial charge in [-0.3, -0.25) is 4.79 Å². The molecular formula is C15H24N2O. The Hall–Kier alpha value is -1.35. The fourth-order valence-electron chi connectivity index (χ4n) is 1.71. The van der Waals surface area contributed by atoms with Crippen LogP contribution in [0.3, 0.4) is 0 Å². The summed E-state index contributed by atoms with van der Waals surface area (Å²) in [5.74, 6) is -0.0782. The first-order chi connectivity index (χ1) is 8.50. The molecule has 0 heterocycles. The topological polar surface area (TPSA) is 55.1 Å². The molecule has 0 saturated heterocycles. The zero-order valence-electron chi connectivity index (χ0n) is 11.4. The van der Waals surface area contributed by atoms with Crippen molar-refractivity contribution >= 4 is 5.91 Å². The van der Waals surface area contributed by atoms with Crippen molar-refractivity contribution in [1.82, 2.24) is 5.32 Å². The van der Waals surface area contributed by atoms with Crippen LogP contribution in [0.5, 0.6) is 0 Å². The van der Waals surface area contributed by atoms with E-state index in [1.54, 1.807) is 13.8 Å². The molecule has 0 spiro atoms. The maximum atomic E-state index is 11.5. The summed E-state index contributed by atoms with van der Waals surface area (Å²) < 4.78 is 0. The molecule has 18 heavy (non-hydrogen) atoms. The minimum atomic E-state index is -0.774. The molecule has 0 fully saturated rings. The molecule has 0 saturated carbocycles. The number of carbonyl (C=O) groups is 1. The van der Waals surface area contributed by atoms with E-state index in [0.29, 0.717) is 6.54 Å². The molecule has 3 N–H and O–H groups in total. The van der Waals surface area contributed by atoms with Gasteiger partial charge in [-0.15, -0.1) is 0 Å². The van der Waals surface area contributed by atoms with Crippen molar-refractivity contribution in [2.75, 3.05) is 6.54 Å². The Morgan fingerprint density at radius 1 is 1.17 bits per heavy atom. The van der Waals surface area contributed by atoms with E-state index in [9.17, 15) is 4.79 Å². The Morgan fingerprint density at radius 3 is 2.44 bits per heavy atom. The molecule has 1 aromatic carbocycles. The van der Waals surface area contributed by atoms with Gasteiger partial charge in [-0.2, -0.15) is 0 Å². The average molecular weight is 248 g/mol. The van der Waals surface area contributed by atoms with Crippen LogP contribution in [0.1, 0.15) is 38.7 Å². The molecule has 1 rings (SSSR count). The van der Waals surface area contributed by atoms with Crippen molar-refractivity contribution < 1.29 is 4.79 Å². The highest BCUT2D eigenvalue weighted by Gasteiger charge is 2.20. The van der Waals surface area contributed by atoms with E-state index in [1.165, 1.54) is 5.56 Å². The Morgan fingerprint density at radius 2 is 1.83 bits per heavy atom. The van der Waals surface area contributed by atoms with Gasteiger partial charge in [0.25, 0.3) is 0 Å². The highest BCUT2D eigenvalue weighted by atomic mass is 16.2. The minimum Gasteiger partial charge on any atom is -0.355 e. The van der Waals surface area contributed by atoms with Crippen LogP contribution in [-0.2, 0) is 11.2 Å². The second-order valence-corrected chi connectivity index (χ2v) is 5.27. The third-order valence-electron chi connectivity index (χ3n) is 2.86. The third-order valence-corrected chi connectivity index (χ3v) is 2.86. The first-order valence-corrected chi connectivity index (χ1v) is 6.61. The molecule has 0 aliphatic heterocycles. The molecule has 0 aromatic heterocycles. The number of nitrogens with one attached hydrogen (secondary N) is 1. The highest BCUT2D eigenvalue weighted by Crippen LogP contribution is 2.05. The molecule has 0 aliphatic rings. The second-order valence-electron chi connectivity index (χ2n) is 5.27. The van der Waals surface area contributed by atoms with Gasteiger partial charge in [0, 0.05) is 6.54 Å². The Balaban J connectivity index is 2.05. The molecular weight excluding hydrogens is 224 g/mol. The van der Waals surface area contributed by atoms with Crippen LogP contribution < -0.4 is 11.1 Å². The van der Waals surface area contributed by atoms with Gasteiger partial charge in [0.1, 0.15) is 0 Å². The summed E-state index contributed by atoms with van der Waals surface area (Å²) in [7, 11) is 0. The summed E-state index contributed by atoms with van der Waals surface area (Å²) in [5.41, 5.74) is 6.29. The number of rotatable bonds is 7. The first kappa shape index (κ1) is 14.7. The minimum absolute atomic E-state index is 0.0782. The molecule has 1 amide bonds. The highest BCUT2D eigenvalue weighted by molar-refractivity contribution is 5.84. The predicted octanol–water partition coefficient (Wildman–Crippen LogP) is 2.25. The normalized spacial score (nSPS) is 11.3. The summed E-state index contributed by atoms with van der Waals surface area (Å²) in [6.45, 7) is 4.16. The Bertz CT molecular complexity index is 355. The number of benzene rings is 1. The third kappa shape index (κ3) is 5.82. The van der Waals surface area contributed by atoms with Gasteiger partial charge >= 0.3 is 0 Å². The lowest BCUT2D eigenvalue weighted by atomic mass is 10.1. The zero-order chi connectivity index (χ0) is 13.4. The maximum Gasteiger partial charge on any atom is 0.239 e. The number of amides is 1. The van der Waals surface area contributed by atoms with Crippen LogP contribution in [-0.4, -0.2) is 18.0 Å². The smallest absolute Gasteiger partial charge is 0.239 e. The van der Waals surface area contributed by atoms with E-state index in [-0.39, 0.29) is 5.91 Å². The molecule has 0 bridgehead atoms. The van der Waals surface area contributed by atoms with E-state index >= 15 is 0 Å². The molecule has 3 nitrogen and oxygen atoms in total.